The predicted octanol–water partition coefficient (Wildman–Crippen LogP) is 3.65. The van der Waals surface area contributed by atoms with Crippen molar-refractivity contribution in [1.82, 2.24) is 5.32 Å². The van der Waals surface area contributed by atoms with Crippen molar-refractivity contribution in [3.8, 4) is 0 Å². The first-order valence-corrected chi connectivity index (χ1v) is 10.1. The van der Waals surface area contributed by atoms with Gasteiger partial charge in [0.25, 0.3) is 5.91 Å². The molecule has 2 unspecified atom stereocenters. The van der Waals surface area contributed by atoms with E-state index in [0.29, 0.717) is 17.8 Å². The number of carbonyl (C=O) groups is 2. The summed E-state index contributed by atoms with van der Waals surface area (Å²) in [5, 5.41) is 5.93. The third kappa shape index (κ3) is 4.09. The van der Waals surface area contributed by atoms with E-state index in [0.717, 1.165) is 44.3 Å². The van der Waals surface area contributed by atoms with E-state index in [9.17, 15) is 9.59 Å². The summed E-state index contributed by atoms with van der Waals surface area (Å²) in [7, 11) is 0. The second-order valence-corrected chi connectivity index (χ2v) is 7.52. The molecule has 1 aliphatic carbocycles. The van der Waals surface area contributed by atoms with Crippen molar-refractivity contribution < 1.29 is 14.3 Å². The molecule has 1 heterocycles. The summed E-state index contributed by atoms with van der Waals surface area (Å²) in [4.78, 5) is 25.7. The first-order valence-electron chi connectivity index (χ1n) is 10.1. The summed E-state index contributed by atoms with van der Waals surface area (Å²) in [5.41, 5.74) is 3.39. The van der Waals surface area contributed by atoms with Crippen LogP contribution >= 0.6 is 0 Å². The summed E-state index contributed by atoms with van der Waals surface area (Å²) in [6, 6.07) is 15.3. The second kappa shape index (κ2) is 8.57. The Morgan fingerprint density at radius 2 is 1.82 bits per heavy atom. The fourth-order valence-electron chi connectivity index (χ4n) is 4.14. The van der Waals surface area contributed by atoms with Crippen molar-refractivity contribution in [2.45, 2.75) is 44.1 Å². The number of rotatable bonds is 5. The third-order valence-electron chi connectivity index (χ3n) is 5.63. The summed E-state index contributed by atoms with van der Waals surface area (Å²) < 4.78 is 5.56. The Bertz CT molecular complexity index is 858. The number of hydrogen-bond acceptors (Lipinski definition) is 3. The molecule has 1 aliphatic heterocycles. The van der Waals surface area contributed by atoms with Crippen LogP contribution in [0, 0.1) is 0 Å². The van der Waals surface area contributed by atoms with Gasteiger partial charge in [0.05, 0.1) is 23.3 Å². The maximum atomic E-state index is 13.0. The van der Waals surface area contributed by atoms with Crippen molar-refractivity contribution in [2.24, 2.45) is 0 Å². The molecular weight excluding hydrogens is 352 g/mol. The van der Waals surface area contributed by atoms with Crippen LogP contribution in [0.5, 0.6) is 0 Å². The van der Waals surface area contributed by atoms with Gasteiger partial charge in [-0.05, 0) is 55.4 Å². The maximum absolute atomic E-state index is 13.0. The molecule has 2 aromatic carbocycles. The van der Waals surface area contributed by atoms with Crippen LogP contribution in [-0.2, 0) is 16.0 Å². The van der Waals surface area contributed by atoms with Crippen LogP contribution in [0.4, 0.5) is 5.69 Å². The van der Waals surface area contributed by atoms with E-state index in [-0.39, 0.29) is 23.8 Å². The van der Waals surface area contributed by atoms with Crippen LogP contribution in [-0.4, -0.2) is 31.1 Å². The Morgan fingerprint density at radius 1 is 1.00 bits per heavy atom. The molecule has 2 N–H and O–H groups in total. The third-order valence-corrected chi connectivity index (χ3v) is 5.63. The Kier molecular flexibility index (Phi) is 5.72. The fraction of sp³-hybridized carbons (Fsp3) is 0.391. The van der Waals surface area contributed by atoms with E-state index in [2.05, 4.69) is 16.7 Å². The van der Waals surface area contributed by atoms with Gasteiger partial charge in [0.2, 0.25) is 5.91 Å². The van der Waals surface area contributed by atoms with Crippen LogP contribution in [0.25, 0.3) is 0 Å². The fourth-order valence-corrected chi connectivity index (χ4v) is 4.14. The number of aryl methyl sites for hydroxylation is 1. The van der Waals surface area contributed by atoms with E-state index in [1.165, 1.54) is 5.56 Å². The quantitative estimate of drug-likeness (QED) is 0.834. The number of anilines is 1. The Balaban J connectivity index is 1.46. The molecule has 1 fully saturated rings. The lowest BCUT2D eigenvalue weighted by Gasteiger charge is -2.25. The van der Waals surface area contributed by atoms with E-state index >= 15 is 0 Å². The molecule has 0 spiro atoms. The molecule has 0 bridgehead atoms. The van der Waals surface area contributed by atoms with Crippen LogP contribution in [0.2, 0.25) is 0 Å². The number of nitrogens with one attached hydrogen (secondary N) is 2. The largest absolute Gasteiger partial charge is 0.376 e. The van der Waals surface area contributed by atoms with Gasteiger partial charge in [-0.1, -0.05) is 36.4 Å². The molecule has 2 atom stereocenters. The van der Waals surface area contributed by atoms with Crippen molar-refractivity contribution in [3.63, 3.8) is 0 Å². The number of ether oxygens (including phenoxy) is 1. The van der Waals surface area contributed by atoms with Gasteiger partial charge in [-0.25, -0.2) is 0 Å². The van der Waals surface area contributed by atoms with Crippen molar-refractivity contribution in [1.29, 1.82) is 0 Å². The minimum absolute atomic E-state index is 0.0495. The molecule has 1 saturated heterocycles. The molecular formula is C23H26N2O3. The number of carbonyl (C=O) groups excluding carboxylic acids is 2. The summed E-state index contributed by atoms with van der Waals surface area (Å²) in [6.07, 6.45) is 4.94. The van der Waals surface area contributed by atoms with E-state index in [1.54, 1.807) is 12.1 Å². The highest BCUT2D eigenvalue weighted by molar-refractivity contribution is 6.05. The Morgan fingerprint density at radius 3 is 2.68 bits per heavy atom. The van der Waals surface area contributed by atoms with Crippen LogP contribution in [0.15, 0.2) is 48.5 Å². The van der Waals surface area contributed by atoms with Gasteiger partial charge in [0.1, 0.15) is 0 Å². The number of amides is 2. The average Bonchev–Trinajstić information content (AvgIpc) is 3.25. The summed E-state index contributed by atoms with van der Waals surface area (Å²) in [6.45, 7) is 1.26. The minimum Gasteiger partial charge on any atom is -0.376 e. The van der Waals surface area contributed by atoms with Crippen molar-refractivity contribution in [2.75, 3.05) is 18.5 Å². The number of hydrogen-bond donors (Lipinski definition) is 2. The molecule has 28 heavy (non-hydrogen) atoms. The first-order chi connectivity index (χ1) is 13.7. The number of benzene rings is 2. The van der Waals surface area contributed by atoms with Gasteiger partial charge in [0, 0.05) is 13.2 Å². The topological polar surface area (TPSA) is 67.4 Å². The molecule has 5 heteroatoms. The maximum Gasteiger partial charge on any atom is 0.253 e. The van der Waals surface area contributed by atoms with Crippen molar-refractivity contribution >= 4 is 17.5 Å². The number of fused-ring (bicyclic) bond motifs is 1. The molecule has 2 aromatic rings. The van der Waals surface area contributed by atoms with Crippen molar-refractivity contribution in [3.05, 3.63) is 65.2 Å². The molecule has 0 aromatic heterocycles. The van der Waals surface area contributed by atoms with Crippen LogP contribution in [0.3, 0.4) is 0 Å². The highest BCUT2D eigenvalue weighted by atomic mass is 16.5. The molecule has 0 saturated carbocycles. The average molecular weight is 378 g/mol. The molecule has 5 nitrogen and oxygen atoms in total. The van der Waals surface area contributed by atoms with Crippen LogP contribution < -0.4 is 10.6 Å². The van der Waals surface area contributed by atoms with E-state index < -0.39 is 0 Å². The molecule has 146 valence electrons. The Labute approximate surface area is 165 Å². The smallest absolute Gasteiger partial charge is 0.253 e. The highest BCUT2D eigenvalue weighted by Gasteiger charge is 2.27. The minimum atomic E-state index is -0.185. The van der Waals surface area contributed by atoms with Gasteiger partial charge < -0.3 is 15.4 Å². The lowest BCUT2D eigenvalue weighted by Crippen LogP contribution is -2.32. The molecule has 0 radical (unpaired) electrons. The zero-order valence-electron chi connectivity index (χ0n) is 15.9. The molecule has 2 amide bonds. The second-order valence-electron chi connectivity index (χ2n) is 7.52. The molecule has 2 aliphatic rings. The normalized spacial score (nSPS) is 21.0. The predicted molar refractivity (Wildman–Crippen MR) is 108 cm³/mol. The SMILES string of the molecule is O=C(NCC1CCCO1)c1ccccc1NC(=O)C1CCCc2ccccc21. The van der Waals surface area contributed by atoms with Crippen LogP contribution in [0.1, 0.15) is 53.1 Å². The summed E-state index contributed by atoms with van der Waals surface area (Å²) >= 11 is 0. The zero-order chi connectivity index (χ0) is 19.3. The monoisotopic (exact) mass is 378 g/mol. The van der Waals surface area contributed by atoms with Gasteiger partial charge >= 0.3 is 0 Å². The van der Waals surface area contributed by atoms with Gasteiger partial charge in [-0.15, -0.1) is 0 Å². The van der Waals surface area contributed by atoms with Gasteiger partial charge in [-0.2, -0.15) is 0 Å². The molecule has 4 rings (SSSR count). The Hall–Kier alpha value is -2.66. The van der Waals surface area contributed by atoms with E-state index in [1.807, 2.05) is 30.3 Å². The number of para-hydroxylation sites is 1. The highest BCUT2D eigenvalue weighted by Crippen LogP contribution is 2.32. The van der Waals surface area contributed by atoms with E-state index in [4.69, 9.17) is 4.74 Å². The van der Waals surface area contributed by atoms with Gasteiger partial charge in [0.15, 0.2) is 0 Å². The standard InChI is InChI=1S/C23H26N2O3/c26-22(24-15-17-9-6-14-28-17)20-11-3-4-13-21(20)25-23(27)19-12-5-8-16-7-1-2-10-18(16)19/h1-4,7,10-11,13,17,19H,5-6,8-9,12,14-15H2,(H,24,26)(H,25,27). The first kappa shape index (κ1) is 18.7. The lowest BCUT2D eigenvalue weighted by molar-refractivity contribution is -0.117. The zero-order valence-corrected chi connectivity index (χ0v) is 15.9. The summed E-state index contributed by atoms with van der Waals surface area (Å²) in [5.74, 6) is -0.407. The van der Waals surface area contributed by atoms with Gasteiger partial charge in [-0.3, -0.25) is 9.59 Å². The lowest BCUT2D eigenvalue weighted by atomic mass is 9.82.